The van der Waals surface area contributed by atoms with Crippen LogP contribution in [0.25, 0.3) is 5.82 Å². The van der Waals surface area contributed by atoms with Crippen LogP contribution in [-0.2, 0) is 13.0 Å². The lowest BCUT2D eigenvalue weighted by Gasteiger charge is -2.09. The number of aryl methyl sites for hydroxylation is 1. The Bertz CT molecular complexity index is 567. The Labute approximate surface area is 121 Å². The first-order chi connectivity index (χ1) is 9.52. The highest BCUT2D eigenvalue weighted by Gasteiger charge is 2.11. The highest BCUT2D eigenvalue weighted by molar-refractivity contribution is 5.33. The quantitative estimate of drug-likeness (QED) is 0.910. The fourth-order valence-electron chi connectivity index (χ4n) is 2.38. The molecule has 2 aromatic heterocycles. The molecular weight excluding hydrogens is 248 g/mol. The number of pyridine rings is 1. The number of nitrogens with one attached hydrogen (secondary N) is 1. The van der Waals surface area contributed by atoms with Gasteiger partial charge in [-0.05, 0) is 37.5 Å². The highest BCUT2D eigenvalue weighted by atomic mass is 15.3. The average molecular weight is 272 g/mol. The van der Waals surface area contributed by atoms with Gasteiger partial charge in [0.2, 0.25) is 0 Å². The van der Waals surface area contributed by atoms with Crippen LogP contribution in [0.3, 0.4) is 0 Å². The molecule has 0 aliphatic carbocycles. The maximum Gasteiger partial charge on any atom is 0.153 e. The van der Waals surface area contributed by atoms with Gasteiger partial charge in [0.25, 0.3) is 0 Å². The molecule has 0 atom stereocenters. The lowest BCUT2D eigenvalue weighted by molar-refractivity contribution is 0.587. The van der Waals surface area contributed by atoms with E-state index in [0.29, 0.717) is 6.04 Å². The second-order valence-corrected chi connectivity index (χ2v) is 5.47. The summed E-state index contributed by atoms with van der Waals surface area (Å²) in [5, 5.41) is 7.99. The molecule has 4 heteroatoms. The van der Waals surface area contributed by atoms with Crippen LogP contribution < -0.4 is 5.32 Å². The summed E-state index contributed by atoms with van der Waals surface area (Å²) in [6.45, 7) is 11.5. The van der Waals surface area contributed by atoms with Crippen LogP contribution in [-0.4, -0.2) is 20.8 Å². The van der Waals surface area contributed by atoms with Gasteiger partial charge in [-0.25, -0.2) is 9.67 Å². The molecule has 0 aromatic carbocycles. The normalized spacial score (nSPS) is 11.3. The Morgan fingerprint density at radius 1 is 1.25 bits per heavy atom. The molecule has 0 fully saturated rings. The summed E-state index contributed by atoms with van der Waals surface area (Å²) in [5.74, 6) is 0.888. The maximum atomic E-state index is 4.59. The Balaban J connectivity index is 2.22. The van der Waals surface area contributed by atoms with Crippen LogP contribution >= 0.6 is 0 Å². The second-order valence-electron chi connectivity index (χ2n) is 5.47. The minimum Gasteiger partial charge on any atom is -0.310 e. The number of rotatable bonds is 5. The SMILES string of the molecule is CCc1c(C)nn(-c2ccc(CNC(C)C)cn2)c1C. The Hall–Kier alpha value is -1.68. The molecule has 0 bridgehead atoms. The van der Waals surface area contributed by atoms with Gasteiger partial charge in [0.15, 0.2) is 5.82 Å². The van der Waals surface area contributed by atoms with E-state index < -0.39 is 0 Å². The van der Waals surface area contributed by atoms with Gasteiger partial charge in [-0.2, -0.15) is 5.10 Å². The molecular formula is C16H24N4. The third-order valence-corrected chi connectivity index (χ3v) is 3.54. The molecule has 108 valence electrons. The van der Waals surface area contributed by atoms with Gasteiger partial charge in [0.05, 0.1) is 5.69 Å². The van der Waals surface area contributed by atoms with E-state index >= 15 is 0 Å². The van der Waals surface area contributed by atoms with Gasteiger partial charge in [-0.3, -0.25) is 0 Å². The lowest BCUT2D eigenvalue weighted by atomic mass is 10.1. The van der Waals surface area contributed by atoms with E-state index in [9.17, 15) is 0 Å². The van der Waals surface area contributed by atoms with Crippen molar-refractivity contribution in [1.82, 2.24) is 20.1 Å². The zero-order valence-corrected chi connectivity index (χ0v) is 13.1. The van der Waals surface area contributed by atoms with Crippen LogP contribution in [0.15, 0.2) is 18.3 Å². The smallest absolute Gasteiger partial charge is 0.153 e. The average Bonchev–Trinajstić information content (AvgIpc) is 2.72. The molecule has 2 aromatic rings. The van der Waals surface area contributed by atoms with Gasteiger partial charge in [-0.15, -0.1) is 0 Å². The van der Waals surface area contributed by atoms with E-state index in [1.807, 2.05) is 16.9 Å². The maximum absolute atomic E-state index is 4.59. The second kappa shape index (κ2) is 6.18. The summed E-state index contributed by atoms with van der Waals surface area (Å²) >= 11 is 0. The van der Waals surface area contributed by atoms with Crippen molar-refractivity contribution in [2.75, 3.05) is 0 Å². The predicted molar refractivity (Wildman–Crippen MR) is 82.2 cm³/mol. The van der Waals surface area contributed by atoms with E-state index in [4.69, 9.17) is 0 Å². The molecule has 20 heavy (non-hydrogen) atoms. The van der Waals surface area contributed by atoms with Gasteiger partial charge in [-0.1, -0.05) is 26.8 Å². The first kappa shape index (κ1) is 14.7. The molecule has 0 saturated heterocycles. The van der Waals surface area contributed by atoms with Crippen molar-refractivity contribution >= 4 is 0 Å². The van der Waals surface area contributed by atoms with Crippen LogP contribution in [0, 0.1) is 13.8 Å². The van der Waals surface area contributed by atoms with E-state index in [-0.39, 0.29) is 0 Å². The van der Waals surface area contributed by atoms with Crippen molar-refractivity contribution in [2.24, 2.45) is 0 Å². The number of nitrogens with zero attached hydrogens (tertiary/aromatic N) is 3. The van der Waals surface area contributed by atoms with Crippen molar-refractivity contribution < 1.29 is 0 Å². The van der Waals surface area contributed by atoms with Crippen molar-refractivity contribution in [3.05, 3.63) is 40.8 Å². The van der Waals surface area contributed by atoms with E-state index in [2.05, 4.69) is 56.1 Å². The first-order valence-corrected chi connectivity index (χ1v) is 7.26. The molecule has 0 amide bonds. The lowest BCUT2D eigenvalue weighted by Crippen LogP contribution is -2.21. The van der Waals surface area contributed by atoms with Gasteiger partial charge in [0.1, 0.15) is 0 Å². The van der Waals surface area contributed by atoms with Crippen LogP contribution in [0.2, 0.25) is 0 Å². The monoisotopic (exact) mass is 272 g/mol. The summed E-state index contributed by atoms with van der Waals surface area (Å²) in [7, 11) is 0. The van der Waals surface area contributed by atoms with Gasteiger partial charge < -0.3 is 5.32 Å². The van der Waals surface area contributed by atoms with E-state index in [1.165, 1.54) is 16.8 Å². The molecule has 0 spiro atoms. The summed E-state index contributed by atoms with van der Waals surface area (Å²) in [4.78, 5) is 4.54. The molecule has 1 N–H and O–H groups in total. The molecule has 0 radical (unpaired) electrons. The summed E-state index contributed by atoms with van der Waals surface area (Å²) in [6.07, 6.45) is 2.93. The molecule has 2 heterocycles. The minimum absolute atomic E-state index is 0.484. The fourth-order valence-corrected chi connectivity index (χ4v) is 2.38. The third kappa shape index (κ3) is 3.07. The van der Waals surface area contributed by atoms with Gasteiger partial charge >= 0.3 is 0 Å². The summed E-state index contributed by atoms with van der Waals surface area (Å²) in [6, 6.07) is 4.63. The number of hydrogen-bond donors (Lipinski definition) is 1. The summed E-state index contributed by atoms with van der Waals surface area (Å²) in [5.41, 5.74) is 4.79. The van der Waals surface area contributed by atoms with Crippen molar-refractivity contribution in [1.29, 1.82) is 0 Å². The zero-order valence-electron chi connectivity index (χ0n) is 13.1. The predicted octanol–water partition coefficient (Wildman–Crippen LogP) is 2.94. The molecule has 0 saturated carbocycles. The standard InChI is InChI=1S/C16H24N4/c1-6-15-12(4)19-20(13(15)5)16-8-7-14(10-18-16)9-17-11(2)3/h7-8,10-11,17H,6,9H2,1-5H3. The number of aromatic nitrogens is 3. The molecule has 0 aliphatic heterocycles. The Kier molecular flexibility index (Phi) is 4.55. The fraction of sp³-hybridized carbons (Fsp3) is 0.500. The van der Waals surface area contributed by atoms with E-state index in [1.54, 1.807) is 0 Å². The topological polar surface area (TPSA) is 42.7 Å². The van der Waals surface area contributed by atoms with E-state index in [0.717, 1.165) is 24.5 Å². The van der Waals surface area contributed by atoms with Crippen molar-refractivity contribution in [3.8, 4) is 5.82 Å². The molecule has 0 unspecified atom stereocenters. The first-order valence-electron chi connectivity index (χ1n) is 7.26. The van der Waals surface area contributed by atoms with Crippen LogP contribution in [0.1, 0.15) is 43.3 Å². The Morgan fingerprint density at radius 2 is 2.00 bits per heavy atom. The largest absolute Gasteiger partial charge is 0.310 e. The zero-order chi connectivity index (χ0) is 14.7. The minimum atomic E-state index is 0.484. The third-order valence-electron chi connectivity index (χ3n) is 3.54. The number of hydrogen-bond acceptors (Lipinski definition) is 3. The van der Waals surface area contributed by atoms with Crippen molar-refractivity contribution in [3.63, 3.8) is 0 Å². The van der Waals surface area contributed by atoms with Gasteiger partial charge in [0, 0.05) is 24.5 Å². The molecule has 0 aliphatic rings. The highest BCUT2D eigenvalue weighted by Crippen LogP contribution is 2.17. The molecule has 2 rings (SSSR count). The molecule has 4 nitrogen and oxygen atoms in total. The van der Waals surface area contributed by atoms with Crippen LogP contribution in [0.4, 0.5) is 0 Å². The Morgan fingerprint density at radius 3 is 2.50 bits per heavy atom. The summed E-state index contributed by atoms with van der Waals surface area (Å²) < 4.78 is 1.94. The van der Waals surface area contributed by atoms with Crippen molar-refractivity contribution in [2.45, 2.75) is 53.6 Å². The van der Waals surface area contributed by atoms with Crippen LogP contribution in [0.5, 0.6) is 0 Å².